The van der Waals surface area contributed by atoms with Crippen LogP contribution in [-0.4, -0.2) is 60.0 Å². The van der Waals surface area contributed by atoms with Crippen LogP contribution in [0.5, 0.6) is 0 Å². The molecule has 0 fully saturated rings. The summed E-state index contributed by atoms with van der Waals surface area (Å²) in [6, 6.07) is 8.89. The van der Waals surface area contributed by atoms with Gasteiger partial charge in [0.25, 0.3) is 5.91 Å². The number of rotatable bonds is 7. The molecule has 20 heavy (non-hydrogen) atoms. The second-order valence-electron chi connectivity index (χ2n) is 4.58. The minimum atomic E-state index is -0.169. The predicted octanol–water partition coefficient (Wildman–Crippen LogP) is 0.989. The van der Waals surface area contributed by atoms with Gasteiger partial charge in [0.15, 0.2) is 0 Å². The fourth-order valence-electron chi connectivity index (χ4n) is 1.90. The number of hydrogen-bond acceptors (Lipinski definition) is 3. The van der Waals surface area contributed by atoms with E-state index in [1.165, 1.54) is 4.90 Å². The summed E-state index contributed by atoms with van der Waals surface area (Å²) >= 11 is 0. The second kappa shape index (κ2) is 8.32. The lowest BCUT2D eigenvalue weighted by Crippen LogP contribution is -2.41. The standard InChI is InChI=1S/C15H22N2O3/c1-3-17(10-7-11-18)14(19)12-16(2)15(20)13-8-5-4-6-9-13/h4-6,8-9,18H,3,7,10-12H2,1-2H3. The van der Waals surface area contributed by atoms with Crippen LogP contribution in [0.15, 0.2) is 30.3 Å². The molecule has 0 atom stereocenters. The van der Waals surface area contributed by atoms with Gasteiger partial charge in [-0.15, -0.1) is 0 Å². The van der Waals surface area contributed by atoms with Crippen molar-refractivity contribution in [2.75, 3.05) is 33.3 Å². The lowest BCUT2D eigenvalue weighted by molar-refractivity contribution is -0.131. The smallest absolute Gasteiger partial charge is 0.254 e. The van der Waals surface area contributed by atoms with E-state index < -0.39 is 0 Å². The monoisotopic (exact) mass is 278 g/mol. The SMILES string of the molecule is CCN(CCCO)C(=O)CN(C)C(=O)c1ccccc1. The first-order valence-corrected chi connectivity index (χ1v) is 6.79. The highest BCUT2D eigenvalue weighted by molar-refractivity contribution is 5.96. The first-order valence-electron chi connectivity index (χ1n) is 6.79. The number of aliphatic hydroxyl groups excluding tert-OH is 1. The van der Waals surface area contributed by atoms with E-state index in [2.05, 4.69) is 0 Å². The summed E-state index contributed by atoms with van der Waals surface area (Å²) in [5.41, 5.74) is 0.571. The third-order valence-corrected chi connectivity index (χ3v) is 3.06. The quantitative estimate of drug-likeness (QED) is 0.809. The highest BCUT2D eigenvalue weighted by Crippen LogP contribution is 2.04. The van der Waals surface area contributed by atoms with Gasteiger partial charge in [0.2, 0.25) is 5.91 Å². The van der Waals surface area contributed by atoms with Gasteiger partial charge in [0, 0.05) is 32.3 Å². The summed E-state index contributed by atoms with van der Waals surface area (Å²) in [5.74, 6) is -0.273. The molecule has 0 aromatic heterocycles. The van der Waals surface area contributed by atoms with Crippen molar-refractivity contribution in [3.63, 3.8) is 0 Å². The van der Waals surface area contributed by atoms with Crippen molar-refractivity contribution in [1.29, 1.82) is 0 Å². The van der Waals surface area contributed by atoms with Crippen LogP contribution in [0.25, 0.3) is 0 Å². The lowest BCUT2D eigenvalue weighted by atomic mass is 10.2. The topological polar surface area (TPSA) is 60.9 Å². The molecule has 0 heterocycles. The van der Waals surface area contributed by atoms with Crippen molar-refractivity contribution in [3.8, 4) is 0 Å². The Kier molecular flexibility index (Phi) is 6.73. The minimum Gasteiger partial charge on any atom is -0.396 e. The van der Waals surface area contributed by atoms with Crippen molar-refractivity contribution < 1.29 is 14.7 Å². The molecule has 1 rings (SSSR count). The maximum absolute atomic E-state index is 12.1. The lowest BCUT2D eigenvalue weighted by Gasteiger charge is -2.24. The van der Waals surface area contributed by atoms with Crippen molar-refractivity contribution in [2.45, 2.75) is 13.3 Å². The fraction of sp³-hybridized carbons (Fsp3) is 0.467. The van der Waals surface area contributed by atoms with E-state index in [0.29, 0.717) is 25.1 Å². The van der Waals surface area contributed by atoms with E-state index in [-0.39, 0.29) is 25.0 Å². The molecule has 110 valence electrons. The molecule has 1 aromatic rings. The van der Waals surface area contributed by atoms with Crippen molar-refractivity contribution in [1.82, 2.24) is 9.80 Å². The molecule has 0 spiro atoms. The average Bonchev–Trinajstić information content (AvgIpc) is 2.48. The highest BCUT2D eigenvalue weighted by Gasteiger charge is 2.18. The average molecular weight is 278 g/mol. The van der Waals surface area contributed by atoms with Crippen LogP contribution in [0.1, 0.15) is 23.7 Å². The Morgan fingerprint density at radius 2 is 1.85 bits per heavy atom. The van der Waals surface area contributed by atoms with Crippen LogP contribution in [0.3, 0.4) is 0 Å². The van der Waals surface area contributed by atoms with Crippen LogP contribution in [0.4, 0.5) is 0 Å². The Labute approximate surface area is 119 Å². The van der Waals surface area contributed by atoms with Crippen molar-refractivity contribution >= 4 is 11.8 Å². The van der Waals surface area contributed by atoms with E-state index in [4.69, 9.17) is 5.11 Å². The van der Waals surface area contributed by atoms with Gasteiger partial charge in [-0.2, -0.15) is 0 Å². The molecule has 0 saturated heterocycles. The normalized spacial score (nSPS) is 10.2. The van der Waals surface area contributed by atoms with Crippen LogP contribution < -0.4 is 0 Å². The molecule has 1 N–H and O–H groups in total. The summed E-state index contributed by atoms with van der Waals surface area (Å²) < 4.78 is 0. The molecule has 0 unspecified atom stereocenters. The molecular formula is C15H22N2O3. The third kappa shape index (κ3) is 4.66. The molecule has 2 amide bonds. The molecule has 5 nitrogen and oxygen atoms in total. The van der Waals surface area contributed by atoms with Gasteiger partial charge in [-0.3, -0.25) is 9.59 Å². The van der Waals surface area contributed by atoms with Crippen molar-refractivity contribution in [3.05, 3.63) is 35.9 Å². The molecule has 0 saturated carbocycles. The van der Waals surface area contributed by atoms with Gasteiger partial charge in [0.05, 0.1) is 6.54 Å². The molecule has 1 aromatic carbocycles. The zero-order chi connectivity index (χ0) is 15.0. The summed E-state index contributed by atoms with van der Waals surface area (Å²) in [5, 5.41) is 8.81. The van der Waals surface area contributed by atoms with Crippen LogP contribution in [0.2, 0.25) is 0 Å². The molecule has 5 heteroatoms. The van der Waals surface area contributed by atoms with E-state index >= 15 is 0 Å². The van der Waals surface area contributed by atoms with Crippen molar-refractivity contribution in [2.24, 2.45) is 0 Å². The Hall–Kier alpha value is -1.88. The highest BCUT2D eigenvalue weighted by atomic mass is 16.3. The number of carbonyl (C=O) groups excluding carboxylic acids is 2. The first-order chi connectivity index (χ1) is 9.60. The van der Waals surface area contributed by atoms with E-state index in [1.807, 2.05) is 13.0 Å². The van der Waals surface area contributed by atoms with Crippen LogP contribution >= 0.6 is 0 Å². The van der Waals surface area contributed by atoms with Gasteiger partial charge < -0.3 is 14.9 Å². The van der Waals surface area contributed by atoms with Gasteiger partial charge >= 0.3 is 0 Å². The summed E-state index contributed by atoms with van der Waals surface area (Å²) in [6.07, 6.45) is 0.552. The first kappa shape index (κ1) is 16.2. The molecular weight excluding hydrogens is 256 g/mol. The number of carbonyl (C=O) groups is 2. The number of likely N-dealkylation sites (N-methyl/N-ethyl adjacent to an activating group) is 2. The third-order valence-electron chi connectivity index (χ3n) is 3.06. The van der Waals surface area contributed by atoms with E-state index in [9.17, 15) is 9.59 Å². The Morgan fingerprint density at radius 1 is 1.20 bits per heavy atom. The number of nitrogens with zero attached hydrogens (tertiary/aromatic N) is 2. The van der Waals surface area contributed by atoms with Crippen LogP contribution in [0, 0.1) is 0 Å². The zero-order valence-electron chi connectivity index (χ0n) is 12.1. The Bertz CT molecular complexity index is 434. The molecule has 0 aliphatic rings. The maximum atomic E-state index is 12.1. The molecule has 0 aliphatic heterocycles. The van der Waals surface area contributed by atoms with E-state index in [0.717, 1.165) is 0 Å². The second-order valence-corrected chi connectivity index (χ2v) is 4.58. The summed E-state index contributed by atoms with van der Waals surface area (Å²) in [7, 11) is 1.62. The minimum absolute atomic E-state index is 0.0486. The van der Waals surface area contributed by atoms with Crippen LogP contribution in [-0.2, 0) is 4.79 Å². The maximum Gasteiger partial charge on any atom is 0.254 e. The van der Waals surface area contributed by atoms with Gasteiger partial charge in [-0.05, 0) is 25.5 Å². The number of benzene rings is 1. The molecule has 0 radical (unpaired) electrons. The van der Waals surface area contributed by atoms with Gasteiger partial charge in [-0.25, -0.2) is 0 Å². The van der Waals surface area contributed by atoms with Gasteiger partial charge in [-0.1, -0.05) is 18.2 Å². The predicted molar refractivity (Wildman–Crippen MR) is 77.4 cm³/mol. The summed E-state index contributed by atoms with van der Waals surface area (Å²) in [4.78, 5) is 27.3. The van der Waals surface area contributed by atoms with E-state index in [1.54, 1.807) is 36.2 Å². The van der Waals surface area contributed by atoms with Gasteiger partial charge in [0.1, 0.15) is 0 Å². The zero-order valence-corrected chi connectivity index (χ0v) is 12.1. The number of amides is 2. The number of hydrogen-bond donors (Lipinski definition) is 1. The number of aliphatic hydroxyl groups is 1. The molecule has 0 bridgehead atoms. The molecule has 0 aliphatic carbocycles. The Morgan fingerprint density at radius 3 is 2.40 bits per heavy atom. The summed E-state index contributed by atoms with van der Waals surface area (Å²) in [6.45, 7) is 3.08. The fourth-order valence-corrected chi connectivity index (χ4v) is 1.90. The Balaban J connectivity index is 2.58. The largest absolute Gasteiger partial charge is 0.396 e.